The monoisotopic (exact) mass is 447 g/mol. The number of aromatic nitrogens is 2. The number of benzene rings is 2. The van der Waals surface area contributed by atoms with Gasteiger partial charge in [0.25, 0.3) is 5.91 Å². The van der Waals surface area contributed by atoms with Gasteiger partial charge in [-0.25, -0.2) is 4.98 Å². The van der Waals surface area contributed by atoms with Gasteiger partial charge in [-0.2, -0.15) is 13.2 Å². The Morgan fingerprint density at radius 2 is 1.72 bits per heavy atom. The maximum absolute atomic E-state index is 13.5. The molecular weight excluding hydrogens is 423 g/mol. The normalized spacial score (nSPS) is 15.2. The molecule has 0 saturated carbocycles. The number of likely N-dealkylation sites (tertiary alicyclic amines) is 1. The van der Waals surface area contributed by atoms with Gasteiger partial charge in [-0.3, -0.25) is 4.79 Å². The van der Waals surface area contributed by atoms with Crippen LogP contribution in [0.5, 0.6) is 11.5 Å². The lowest BCUT2D eigenvalue weighted by atomic mass is 9.96. The van der Waals surface area contributed by atoms with Gasteiger partial charge in [0.1, 0.15) is 11.5 Å². The average Bonchev–Trinajstić information content (AvgIpc) is 3.17. The van der Waals surface area contributed by atoms with Crippen LogP contribution in [-0.2, 0) is 17.5 Å². The van der Waals surface area contributed by atoms with Crippen LogP contribution >= 0.6 is 0 Å². The van der Waals surface area contributed by atoms with Crippen molar-refractivity contribution in [3.05, 3.63) is 54.4 Å². The van der Waals surface area contributed by atoms with Crippen LogP contribution in [0.4, 0.5) is 13.2 Å². The minimum absolute atomic E-state index is 0.0280. The molecular formula is C23H24F3N3O3. The number of halogens is 3. The summed E-state index contributed by atoms with van der Waals surface area (Å²) in [5, 5.41) is 0. The predicted molar refractivity (Wildman–Crippen MR) is 113 cm³/mol. The number of alkyl halides is 3. The highest BCUT2D eigenvalue weighted by molar-refractivity contribution is 5.78. The van der Waals surface area contributed by atoms with Crippen molar-refractivity contribution in [3.63, 3.8) is 0 Å². The van der Waals surface area contributed by atoms with Crippen molar-refractivity contribution in [3.8, 4) is 11.5 Å². The van der Waals surface area contributed by atoms with Crippen LogP contribution in [0.1, 0.15) is 18.7 Å². The van der Waals surface area contributed by atoms with Crippen LogP contribution in [0.25, 0.3) is 11.0 Å². The highest BCUT2D eigenvalue weighted by Gasteiger charge is 2.38. The van der Waals surface area contributed by atoms with Gasteiger partial charge in [0, 0.05) is 19.6 Å². The summed E-state index contributed by atoms with van der Waals surface area (Å²) in [6.45, 7) is 1.12. The minimum Gasteiger partial charge on any atom is -0.497 e. The Balaban J connectivity index is 1.34. The highest BCUT2D eigenvalue weighted by atomic mass is 19.4. The van der Waals surface area contributed by atoms with E-state index in [9.17, 15) is 18.0 Å². The summed E-state index contributed by atoms with van der Waals surface area (Å²) in [5.74, 6) is 0.291. The molecule has 170 valence electrons. The third-order valence-electron chi connectivity index (χ3n) is 5.74. The zero-order valence-corrected chi connectivity index (χ0v) is 17.6. The number of fused-ring (bicyclic) bond motifs is 1. The second-order valence-corrected chi connectivity index (χ2v) is 7.82. The van der Waals surface area contributed by atoms with E-state index >= 15 is 0 Å². The molecule has 1 aliphatic heterocycles. The van der Waals surface area contributed by atoms with Gasteiger partial charge in [-0.15, -0.1) is 0 Å². The first-order valence-corrected chi connectivity index (χ1v) is 10.4. The first kappa shape index (κ1) is 22.0. The number of imidazole rings is 1. The lowest BCUT2D eigenvalue weighted by Crippen LogP contribution is -2.41. The smallest absolute Gasteiger partial charge is 0.449 e. The summed E-state index contributed by atoms with van der Waals surface area (Å²) in [6.07, 6.45) is -3.27. The van der Waals surface area contributed by atoms with E-state index in [0.717, 1.165) is 0 Å². The largest absolute Gasteiger partial charge is 0.497 e. The van der Waals surface area contributed by atoms with Crippen LogP contribution in [0.2, 0.25) is 0 Å². The number of ether oxygens (including phenoxy) is 2. The van der Waals surface area contributed by atoms with Gasteiger partial charge in [-0.05, 0) is 55.2 Å². The summed E-state index contributed by atoms with van der Waals surface area (Å²) in [4.78, 5) is 18.0. The van der Waals surface area contributed by atoms with Gasteiger partial charge in [0.2, 0.25) is 5.82 Å². The molecule has 0 unspecified atom stereocenters. The molecule has 1 amide bonds. The molecule has 1 aliphatic rings. The van der Waals surface area contributed by atoms with Crippen molar-refractivity contribution in [1.82, 2.24) is 14.5 Å². The molecule has 2 heterocycles. The number of carbonyl (C=O) groups is 1. The lowest BCUT2D eigenvalue weighted by Gasteiger charge is -2.32. The lowest BCUT2D eigenvalue weighted by molar-refractivity contribution is -0.147. The van der Waals surface area contributed by atoms with Crippen molar-refractivity contribution in [1.29, 1.82) is 0 Å². The Labute approximate surface area is 183 Å². The Morgan fingerprint density at radius 3 is 2.38 bits per heavy atom. The van der Waals surface area contributed by atoms with Gasteiger partial charge in [0.15, 0.2) is 6.61 Å². The van der Waals surface area contributed by atoms with E-state index < -0.39 is 12.0 Å². The second-order valence-electron chi connectivity index (χ2n) is 7.82. The molecule has 0 radical (unpaired) electrons. The van der Waals surface area contributed by atoms with Crippen LogP contribution in [-0.4, -0.2) is 47.2 Å². The predicted octanol–water partition coefficient (Wildman–Crippen LogP) is 4.38. The first-order valence-electron chi connectivity index (χ1n) is 10.4. The quantitative estimate of drug-likeness (QED) is 0.563. The molecule has 0 spiro atoms. The Kier molecular flexibility index (Phi) is 6.25. The highest BCUT2D eigenvalue weighted by Crippen LogP contribution is 2.33. The molecule has 0 bridgehead atoms. The van der Waals surface area contributed by atoms with E-state index in [1.54, 1.807) is 60.5 Å². The molecule has 6 nitrogen and oxygen atoms in total. The Morgan fingerprint density at radius 1 is 1.06 bits per heavy atom. The van der Waals surface area contributed by atoms with E-state index in [-0.39, 0.29) is 25.0 Å². The topological polar surface area (TPSA) is 56.6 Å². The fourth-order valence-electron chi connectivity index (χ4n) is 4.01. The third kappa shape index (κ3) is 4.81. The zero-order chi connectivity index (χ0) is 22.7. The molecule has 1 saturated heterocycles. The molecule has 32 heavy (non-hydrogen) atoms. The summed E-state index contributed by atoms with van der Waals surface area (Å²) < 4.78 is 52.5. The number of nitrogens with zero attached hydrogens (tertiary/aromatic N) is 3. The molecule has 1 aromatic heterocycles. The van der Waals surface area contributed by atoms with E-state index in [1.165, 1.54) is 4.57 Å². The molecule has 0 atom stereocenters. The number of carbonyl (C=O) groups excluding carboxylic acids is 1. The fourth-order valence-corrected chi connectivity index (χ4v) is 4.01. The van der Waals surface area contributed by atoms with Crippen LogP contribution in [0.3, 0.4) is 0 Å². The molecule has 0 N–H and O–H groups in total. The molecule has 9 heteroatoms. The second kappa shape index (κ2) is 9.10. The number of amides is 1. The number of piperidine rings is 1. The number of rotatable bonds is 6. The third-order valence-corrected chi connectivity index (χ3v) is 5.74. The van der Waals surface area contributed by atoms with Gasteiger partial charge in [0.05, 0.1) is 18.1 Å². The molecule has 4 rings (SSSR count). The number of methoxy groups -OCH3 is 1. The number of hydrogen-bond acceptors (Lipinski definition) is 4. The maximum Gasteiger partial charge on any atom is 0.449 e. The van der Waals surface area contributed by atoms with E-state index in [4.69, 9.17) is 9.47 Å². The summed E-state index contributed by atoms with van der Waals surface area (Å²) in [5.41, 5.74) is 0.814. The summed E-state index contributed by atoms with van der Waals surface area (Å²) >= 11 is 0. The SMILES string of the molecule is COc1ccc(OCC(=O)N2CCC(Cn3c(C(F)(F)F)nc4ccccc43)CC2)cc1. The van der Waals surface area contributed by atoms with Crippen molar-refractivity contribution in [2.75, 3.05) is 26.8 Å². The standard InChI is InChI=1S/C23H24F3N3O3/c1-31-17-6-8-18(9-7-17)32-15-21(30)28-12-10-16(11-13-28)14-29-20-5-3-2-4-19(20)27-22(29)23(24,25)26/h2-9,16H,10-15H2,1H3. The molecule has 3 aromatic rings. The number of hydrogen-bond donors (Lipinski definition) is 0. The summed E-state index contributed by atoms with van der Waals surface area (Å²) in [6, 6.07) is 13.6. The van der Waals surface area contributed by atoms with E-state index in [2.05, 4.69) is 4.98 Å². The van der Waals surface area contributed by atoms with Crippen molar-refractivity contribution in [2.45, 2.75) is 25.6 Å². The van der Waals surface area contributed by atoms with Crippen molar-refractivity contribution in [2.24, 2.45) is 5.92 Å². The molecule has 1 fully saturated rings. The maximum atomic E-state index is 13.5. The van der Waals surface area contributed by atoms with Crippen LogP contribution < -0.4 is 9.47 Å². The van der Waals surface area contributed by atoms with E-state index in [1.807, 2.05) is 0 Å². The Hall–Kier alpha value is -3.23. The zero-order valence-electron chi connectivity index (χ0n) is 17.6. The Bertz CT molecular complexity index is 1070. The number of para-hydroxylation sites is 2. The average molecular weight is 447 g/mol. The van der Waals surface area contributed by atoms with Gasteiger partial charge >= 0.3 is 6.18 Å². The first-order chi connectivity index (χ1) is 15.3. The molecule has 0 aliphatic carbocycles. The van der Waals surface area contributed by atoms with Gasteiger partial charge < -0.3 is 18.9 Å². The van der Waals surface area contributed by atoms with Crippen molar-refractivity contribution < 1.29 is 27.4 Å². The fraction of sp³-hybridized carbons (Fsp3) is 0.391. The van der Waals surface area contributed by atoms with E-state index in [0.29, 0.717) is 48.5 Å². The van der Waals surface area contributed by atoms with Crippen molar-refractivity contribution >= 4 is 16.9 Å². The van der Waals surface area contributed by atoms with Gasteiger partial charge in [-0.1, -0.05) is 12.1 Å². The molecule has 2 aromatic carbocycles. The van der Waals surface area contributed by atoms with Crippen LogP contribution in [0, 0.1) is 5.92 Å². The van der Waals surface area contributed by atoms with Crippen LogP contribution in [0.15, 0.2) is 48.5 Å². The summed E-state index contributed by atoms with van der Waals surface area (Å²) in [7, 11) is 1.57. The minimum atomic E-state index is -4.52.